The van der Waals surface area contributed by atoms with Crippen LogP contribution < -0.4 is 24.0 Å². The van der Waals surface area contributed by atoms with Crippen LogP contribution in [0.1, 0.15) is 35.7 Å². The minimum Gasteiger partial charge on any atom is -0.548 e. The Kier molecular flexibility index (Phi) is 8.44. The fourth-order valence-corrected chi connectivity index (χ4v) is 5.26. The molecule has 1 saturated heterocycles. The van der Waals surface area contributed by atoms with Crippen LogP contribution in [0, 0.1) is 11.3 Å². The van der Waals surface area contributed by atoms with Gasteiger partial charge in [-0.3, -0.25) is 9.69 Å². The molecule has 1 atom stereocenters. The smallest absolute Gasteiger partial charge is 0.548 e. The third-order valence-corrected chi connectivity index (χ3v) is 7.31. The van der Waals surface area contributed by atoms with Crippen molar-refractivity contribution in [2.75, 3.05) is 13.1 Å². The largest absolute Gasteiger partial charge is 1.00 e. The van der Waals surface area contributed by atoms with Crippen molar-refractivity contribution in [3.05, 3.63) is 102 Å². The summed E-state index contributed by atoms with van der Waals surface area (Å²) in [5, 5.41) is 22.3. The summed E-state index contributed by atoms with van der Waals surface area (Å²) in [6.45, 7) is 1.60. The Hall–Kier alpha value is -4.37. The number of aryl methyl sites for hydroxylation is 1. The molecule has 1 fully saturated rings. The molecule has 196 valence electrons. The molecule has 0 radical (unpaired) electrons. The molecule has 0 bridgehead atoms. The van der Waals surface area contributed by atoms with Crippen LogP contribution in [-0.2, 0) is 28.1 Å². The van der Waals surface area contributed by atoms with Gasteiger partial charge in [0.25, 0.3) is 5.91 Å². The molecule has 0 spiro atoms. The van der Waals surface area contributed by atoms with Gasteiger partial charge in [-0.05, 0) is 53.8 Å². The molecule has 0 N–H and O–H groups in total. The number of benzene rings is 3. The maximum atomic E-state index is 13.8. The van der Waals surface area contributed by atoms with E-state index in [-0.39, 0.29) is 25.4 Å². The van der Waals surface area contributed by atoms with Crippen LogP contribution in [-0.4, -0.2) is 50.3 Å². The van der Waals surface area contributed by atoms with E-state index in [0.29, 0.717) is 30.5 Å². The van der Waals surface area contributed by atoms with Gasteiger partial charge in [-0.15, -0.1) is 0 Å². The standard InChI is InChI=1S/C30H27N5O4.Li/c1-30(26-10-4-7-23-6-2-3-9-25(23)26)28(38)34(29(39)35(30)19-27(36)37)15-5-8-24-17-32-20-33(24)18-22-13-11-21(16-31)12-14-22;/h2-4,6-7,9-14,17,20H,5,8,15,18-19H2,1H3,(H,36,37);/q;+1/p-1. The van der Waals surface area contributed by atoms with Crippen LogP contribution in [0.5, 0.6) is 0 Å². The molecule has 1 aliphatic heterocycles. The van der Waals surface area contributed by atoms with Crippen molar-refractivity contribution in [1.82, 2.24) is 19.4 Å². The number of fused-ring (bicyclic) bond motifs is 1. The molecule has 3 amide bonds. The Bertz CT molecular complexity index is 1610. The first-order chi connectivity index (χ1) is 18.8. The molecule has 9 nitrogen and oxygen atoms in total. The maximum absolute atomic E-state index is 13.8. The van der Waals surface area contributed by atoms with E-state index in [1.165, 1.54) is 0 Å². The number of hydrogen-bond acceptors (Lipinski definition) is 6. The molecule has 0 aliphatic carbocycles. The van der Waals surface area contributed by atoms with Gasteiger partial charge in [0.1, 0.15) is 5.54 Å². The fraction of sp³-hybridized carbons (Fsp3) is 0.233. The molecule has 1 aliphatic rings. The van der Waals surface area contributed by atoms with Crippen molar-refractivity contribution in [3.8, 4) is 6.07 Å². The molecule has 3 aromatic carbocycles. The van der Waals surface area contributed by atoms with Gasteiger partial charge in [-0.25, -0.2) is 9.78 Å². The topological polar surface area (TPSA) is 122 Å². The predicted octanol–water partition coefficient (Wildman–Crippen LogP) is -0.178. The van der Waals surface area contributed by atoms with E-state index in [2.05, 4.69) is 11.1 Å². The normalized spacial score (nSPS) is 16.7. The summed E-state index contributed by atoms with van der Waals surface area (Å²) < 4.78 is 1.98. The average molecular weight is 528 g/mol. The summed E-state index contributed by atoms with van der Waals surface area (Å²) in [5.41, 5.74) is 1.62. The molecule has 4 aromatic rings. The zero-order valence-electron chi connectivity index (χ0n) is 22.4. The number of carbonyl (C=O) groups is 3. The summed E-state index contributed by atoms with van der Waals surface area (Å²) >= 11 is 0. The number of aliphatic carboxylic acids is 1. The van der Waals surface area contributed by atoms with Gasteiger partial charge in [-0.1, -0.05) is 54.6 Å². The number of carbonyl (C=O) groups excluding carboxylic acids is 3. The number of amides is 3. The van der Waals surface area contributed by atoms with Crippen LogP contribution in [0.4, 0.5) is 4.79 Å². The number of rotatable bonds is 9. The molecule has 5 rings (SSSR count). The van der Waals surface area contributed by atoms with Crippen LogP contribution in [0.2, 0.25) is 0 Å². The number of carboxylic acids is 1. The van der Waals surface area contributed by atoms with Crippen molar-refractivity contribution in [2.24, 2.45) is 0 Å². The number of nitrogens with zero attached hydrogens (tertiary/aromatic N) is 5. The Morgan fingerprint density at radius 2 is 1.77 bits per heavy atom. The molecule has 1 aromatic heterocycles. The number of urea groups is 1. The molecule has 40 heavy (non-hydrogen) atoms. The van der Waals surface area contributed by atoms with Gasteiger partial charge in [0, 0.05) is 25.0 Å². The number of nitriles is 1. The minimum absolute atomic E-state index is 0. The van der Waals surface area contributed by atoms with Crippen molar-refractivity contribution in [2.45, 2.75) is 31.8 Å². The Morgan fingerprint density at radius 3 is 2.50 bits per heavy atom. The Morgan fingerprint density at radius 1 is 1.05 bits per heavy atom. The zero-order chi connectivity index (χ0) is 27.6. The van der Waals surface area contributed by atoms with Crippen LogP contribution in [0.25, 0.3) is 10.8 Å². The van der Waals surface area contributed by atoms with E-state index in [9.17, 15) is 19.5 Å². The summed E-state index contributed by atoms with van der Waals surface area (Å²) in [4.78, 5) is 45.4. The summed E-state index contributed by atoms with van der Waals surface area (Å²) in [7, 11) is 0. The van der Waals surface area contributed by atoms with Gasteiger partial charge in [0.05, 0.1) is 30.5 Å². The summed E-state index contributed by atoms with van der Waals surface area (Å²) in [5.74, 6) is -1.90. The van der Waals surface area contributed by atoms with E-state index >= 15 is 0 Å². The molecule has 0 saturated carbocycles. The second kappa shape index (κ2) is 11.8. The number of imide groups is 1. The summed E-state index contributed by atoms with van der Waals surface area (Å²) in [6, 6.07) is 21.7. The van der Waals surface area contributed by atoms with Crippen molar-refractivity contribution < 1.29 is 38.4 Å². The minimum atomic E-state index is -1.49. The second-order valence-electron chi connectivity index (χ2n) is 9.72. The first-order valence-electron chi connectivity index (χ1n) is 12.6. The predicted molar refractivity (Wildman–Crippen MR) is 141 cm³/mol. The van der Waals surface area contributed by atoms with Gasteiger partial charge < -0.3 is 19.4 Å². The molecular formula is C30H26LiN5O4. The first-order valence-corrected chi connectivity index (χ1v) is 12.6. The zero-order valence-corrected chi connectivity index (χ0v) is 22.4. The van der Waals surface area contributed by atoms with E-state index in [1.807, 2.05) is 47.0 Å². The Labute approximate surface area is 243 Å². The number of carboxylic acid groups (broad SMARTS) is 1. The number of aromatic nitrogens is 2. The van der Waals surface area contributed by atoms with Crippen LogP contribution in [0.3, 0.4) is 0 Å². The second-order valence-corrected chi connectivity index (χ2v) is 9.72. The average Bonchev–Trinajstić information content (AvgIpc) is 3.45. The summed E-state index contributed by atoms with van der Waals surface area (Å²) in [6.07, 6.45) is 4.50. The van der Waals surface area contributed by atoms with Crippen molar-refractivity contribution >= 4 is 28.7 Å². The molecule has 1 unspecified atom stereocenters. The maximum Gasteiger partial charge on any atom is 1.00 e. The number of imidazole rings is 1. The molecule has 10 heteroatoms. The molecular weight excluding hydrogens is 501 g/mol. The van der Waals surface area contributed by atoms with Crippen molar-refractivity contribution in [1.29, 1.82) is 5.26 Å². The van der Waals surface area contributed by atoms with Crippen LogP contribution in [0.15, 0.2) is 79.3 Å². The van der Waals surface area contributed by atoms with Crippen LogP contribution >= 0.6 is 0 Å². The number of hydrogen-bond donors (Lipinski definition) is 0. The van der Waals surface area contributed by atoms with E-state index in [0.717, 1.165) is 31.8 Å². The first kappa shape index (κ1) is 28.6. The van der Waals surface area contributed by atoms with E-state index < -0.39 is 30.0 Å². The molecule has 2 heterocycles. The van der Waals surface area contributed by atoms with Gasteiger partial charge in [0.2, 0.25) is 0 Å². The third-order valence-electron chi connectivity index (χ3n) is 7.31. The van der Waals surface area contributed by atoms with Gasteiger partial charge in [-0.2, -0.15) is 5.26 Å². The van der Waals surface area contributed by atoms with Crippen molar-refractivity contribution in [3.63, 3.8) is 0 Å². The monoisotopic (exact) mass is 527 g/mol. The fourth-order valence-electron chi connectivity index (χ4n) is 5.26. The Balaban J connectivity index is 0.00000370. The van der Waals surface area contributed by atoms with E-state index in [1.54, 1.807) is 43.7 Å². The van der Waals surface area contributed by atoms with Gasteiger partial charge >= 0.3 is 24.9 Å². The van der Waals surface area contributed by atoms with E-state index in [4.69, 9.17) is 5.26 Å². The SMILES string of the molecule is CC1(c2cccc3ccccc23)C(=O)N(CCCc2cncn2Cc2ccc(C#N)cc2)C(=O)N1CC(=O)[O-].[Li+]. The quantitative estimate of drug-likeness (QED) is 0.220. The van der Waals surface area contributed by atoms with Gasteiger partial charge in [0.15, 0.2) is 0 Å². The third kappa shape index (κ3) is 5.24.